The number of aryl methyl sites for hydroxylation is 1. The molecule has 6 nitrogen and oxygen atoms in total. The maximum atomic E-state index is 4.66. The highest BCUT2D eigenvalue weighted by Crippen LogP contribution is 2.21. The Morgan fingerprint density at radius 2 is 2.08 bits per heavy atom. The van der Waals surface area contributed by atoms with Crippen LogP contribution in [0.4, 0.5) is 0 Å². The van der Waals surface area contributed by atoms with E-state index < -0.39 is 0 Å². The smallest absolute Gasteiger partial charge is 0.191 e. The zero-order valence-electron chi connectivity index (χ0n) is 15.8. The van der Waals surface area contributed by atoms with Crippen molar-refractivity contribution in [3.8, 4) is 0 Å². The molecule has 0 amide bonds. The summed E-state index contributed by atoms with van der Waals surface area (Å²) in [4.78, 5) is 7.16. The monoisotopic (exact) mass is 462 g/mol. The van der Waals surface area contributed by atoms with Gasteiger partial charge in [-0.25, -0.2) is 0 Å². The van der Waals surface area contributed by atoms with Gasteiger partial charge in [0.2, 0.25) is 0 Å². The first-order valence-corrected chi connectivity index (χ1v) is 9.49. The van der Waals surface area contributed by atoms with E-state index in [2.05, 4.69) is 39.6 Å². The number of hydrogen-bond donors (Lipinski definition) is 2. The number of halogens is 1. The minimum atomic E-state index is 0. The molecule has 1 aromatic heterocycles. The van der Waals surface area contributed by atoms with E-state index in [1.165, 1.54) is 32.1 Å². The van der Waals surface area contributed by atoms with Gasteiger partial charge in [0.15, 0.2) is 5.96 Å². The van der Waals surface area contributed by atoms with Crippen LogP contribution in [0.15, 0.2) is 23.5 Å². The molecule has 2 N–H and O–H groups in total. The first-order valence-electron chi connectivity index (χ1n) is 9.49. The van der Waals surface area contributed by atoms with Crippen LogP contribution in [0.5, 0.6) is 0 Å². The third-order valence-corrected chi connectivity index (χ3v) is 4.67. The Labute approximate surface area is 169 Å². The van der Waals surface area contributed by atoms with Crippen molar-refractivity contribution in [1.82, 2.24) is 25.3 Å². The van der Waals surface area contributed by atoms with Crippen LogP contribution in [-0.4, -0.2) is 59.9 Å². The second kappa shape index (κ2) is 13.4. The van der Waals surface area contributed by atoms with Crippen molar-refractivity contribution in [1.29, 1.82) is 0 Å². The lowest BCUT2D eigenvalue weighted by Gasteiger charge is -2.31. The van der Waals surface area contributed by atoms with Crippen molar-refractivity contribution in [3.63, 3.8) is 0 Å². The van der Waals surface area contributed by atoms with Gasteiger partial charge in [-0.05, 0) is 39.3 Å². The fraction of sp³-hybridized carbons (Fsp3) is 0.778. The van der Waals surface area contributed by atoms with E-state index in [0.29, 0.717) is 0 Å². The third-order valence-electron chi connectivity index (χ3n) is 4.67. The molecule has 0 saturated heterocycles. The molecule has 1 aliphatic carbocycles. The van der Waals surface area contributed by atoms with Gasteiger partial charge in [-0.2, -0.15) is 5.10 Å². The molecule has 0 atom stereocenters. The molecule has 0 unspecified atom stereocenters. The van der Waals surface area contributed by atoms with Crippen molar-refractivity contribution >= 4 is 29.9 Å². The Bertz CT molecular complexity index is 456. The lowest BCUT2D eigenvalue weighted by atomic mass is 9.94. The van der Waals surface area contributed by atoms with Gasteiger partial charge in [-0.1, -0.05) is 19.3 Å². The van der Waals surface area contributed by atoms with E-state index in [4.69, 9.17) is 0 Å². The van der Waals surface area contributed by atoms with Crippen molar-refractivity contribution in [2.45, 2.75) is 58.0 Å². The summed E-state index contributed by atoms with van der Waals surface area (Å²) >= 11 is 0. The van der Waals surface area contributed by atoms with E-state index in [0.717, 1.165) is 51.1 Å². The molecular formula is C18H35IN6. The van der Waals surface area contributed by atoms with Crippen LogP contribution in [0.3, 0.4) is 0 Å². The van der Waals surface area contributed by atoms with E-state index in [1.807, 2.05) is 23.1 Å². The largest absolute Gasteiger partial charge is 0.357 e. The predicted molar refractivity (Wildman–Crippen MR) is 116 cm³/mol. The number of guanidine groups is 1. The average Bonchev–Trinajstić information content (AvgIpc) is 3.12. The quantitative estimate of drug-likeness (QED) is 0.257. The standard InChI is InChI=1S/C18H34N6.HI/c1-3-19-18(20-11-7-14-24-15-8-12-22-24)21-13-16-23(2)17-9-5-4-6-10-17;/h8,12,15,17H,3-7,9-11,13-14,16H2,1-2H3,(H2,19,20,21);1H. The number of aliphatic imine (C=N–C) groups is 1. The topological polar surface area (TPSA) is 57.5 Å². The van der Waals surface area contributed by atoms with Crippen LogP contribution < -0.4 is 10.6 Å². The minimum Gasteiger partial charge on any atom is -0.357 e. The molecule has 25 heavy (non-hydrogen) atoms. The van der Waals surface area contributed by atoms with E-state index in [9.17, 15) is 0 Å². The Morgan fingerprint density at radius 1 is 1.28 bits per heavy atom. The van der Waals surface area contributed by atoms with Crippen molar-refractivity contribution < 1.29 is 0 Å². The molecule has 0 aromatic carbocycles. The normalized spacial score (nSPS) is 15.9. The second-order valence-electron chi connectivity index (χ2n) is 6.58. The van der Waals surface area contributed by atoms with Crippen LogP contribution in [-0.2, 0) is 6.54 Å². The van der Waals surface area contributed by atoms with Gasteiger partial charge in [-0.15, -0.1) is 24.0 Å². The minimum absolute atomic E-state index is 0. The van der Waals surface area contributed by atoms with Gasteiger partial charge >= 0.3 is 0 Å². The maximum absolute atomic E-state index is 4.66. The van der Waals surface area contributed by atoms with Crippen LogP contribution >= 0.6 is 24.0 Å². The number of hydrogen-bond acceptors (Lipinski definition) is 3. The third kappa shape index (κ3) is 8.89. The van der Waals surface area contributed by atoms with Gasteiger partial charge in [0.05, 0.1) is 0 Å². The molecule has 1 aromatic rings. The Kier molecular flexibility index (Phi) is 11.9. The first kappa shape index (κ1) is 22.2. The summed E-state index contributed by atoms with van der Waals surface area (Å²) in [5.74, 6) is 0.926. The van der Waals surface area contributed by atoms with Crippen LogP contribution in [0.2, 0.25) is 0 Å². The molecule has 1 fully saturated rings. The molecule has 2 rings (SSSR count). The average molecular weight is 462 g/mol. The molecule has 1 heterocycles. The maximum Gasteiger partial charge on any atom is 0.191 e. The summed E-state index contributed by atoms with van der Waals surface area (Å²) < 4.78 is 1.95. The van der Waals surface area contributed by atoms with Gasteiger partial charge in [0.25, 0.3) is 0 Å². The zero-order chi connectivity index (χ0) is 17.0. The lowest BCUT2D eigenvalue weighted by Crippen LogP contribution is -2.43. The first-order chi connectivity index (χ1) is 11.8. The highest BCUT2D eigenvalue weighted by molar-refractivity contribution is 14.0. The Morgan fingerprint density at radius 3 is 2.76 bits per heavy atom. The highest BCUT2D eigenvalue weighted by atomic mass is 127. The van der Waals surface area contributed by atoms with Gasteiger partial charge in [0, 0.05) is 51.2 Å². The number of likely N-dealkylation sites (N-methyl/N-ethyl adjacent to an activating group) is 1. The van der Waals surface area contributed by atoms with E-state index in [-0.39, 0.29) is 24.0 Å². The summed E-state index contributed by atoms with van der Waals surface area (Å²) in [5, 5.41) is 11.0. The fourth-order valence-corrected chi connectivity index (χ4v) is 3.25. The molecule has 0 aliphatic heterocycles. The summed E-state index contributed by atoms with van der Waals surface area (Å²) in [7, 11) is 2.26. The Hall–Kier alpha value is -0.830. The molecule has 0 radical (unpaired) electrons. The fourth-order valence-electron chi connectivity index (χ4n) is 3.25. The Balaban J connectivity index is 0.00000312. The SMILES string of the molecule is CCNC(=NCCCn1cccn1)NCCN(C)C1CCCCC1.I. The van der Waals surface area contributed by atoms with Crippen LogP contribution in [0.1, 0.15) is 45.4 Å². The summed E-state index contributed by atoms with van der Waals surface area (Å²) in [5.41, 5.74) is 0. The van der Waals surface area contributed by atoms with E-state index in [1.54, 1.807) is 0 Å². The van der Waals surface area contributed by atoms with Crippen molar-refractivity contribution in [2.75, 3.05) is 33.2 Å². The molecule has 144 valence electrons. The van der Waals surface area contributed by atoms with Gasteiger partial charge in [0.1, 0.15) is 0 Å². The summed E-state index contributed by atoms with van der Waals surface area (Å²) in [6, 6.07) is 2.73. The molecule has 1 aliphatic rings. The zero-order valence-corrected chi connectivity index (χ0v) is 18.1. The molecule has 7 heteroatoms. The van der Waals surface area contributed by atoms with Crippen LogP contribution in [0, 0.1) is 0 Å². The number of nitrogens with one attached hydrogen (secondary N) is 2. The van der Waals surface area contributed by atoms with Crippen LogP contribution in [0.25, 0.3) is 0 Å². The molecule has 0 spiro atoms. The lowest BCUT2D eigenvalue weighted by molar-refractivity contribution is 0.194. The van der Waals surface area contributed by atoms with E-state index >= 15 is 0 Å². The molecule has 1 saturated carbocycles. The number of nitrogens with zero attached hydrogens (tertiary/aromatic N) is 4. The predicted octanol–water partition coefficient (Wildman–Crippen LogP) is 2.71. The summed E-state index contributed by atoms with van der Waals surface area (Å²) in [6.45, 7) is 6.74. The summed E-state index contributed by atoms with van der Waals surface area (Å²) in [6.07, 6.45) is 11.7. The highest BCUT2D eigenvalue weighted by Gasteiger charge is 2.17. The number of aromatic nitrogens is 2. The van der Waals surface area contributed by atoms with Gasteiger partial charge < -0.3 is 15.5 Å². The molecule has 0 bridgehead atoms. The van der Waals surface area contributed by atoms with Crippen molar-refractivity contribution in [2.24, 2.45) is 4.99 Å². The van der Waals surface area contributed by atoms with Crippen molar-refractivity contribution in [3.05, 3.63) is 18.5 Å². The molecular weight excluding hydrogens is 427 g/mol. The number of rotatable bonds is 9. The van der Waals surface area contributed by atoms with Gasteiger partial charge in [-0.3, -0.25) is 9.67 Å². The second-order valence-corrected chi connectivity index (χ2v) is 6.58.